The van der Waals surface area contributed by atoms with E-state index in [1.807, 2.05) is 44.3 Å². The lowest BCUT2D eigenvalue weighted by molar-refractivity contribution is -0.117. The van der Waals surface area contributed by atoms with E-state index in [1.165, 1.54) is 6.08 Å². The SMILES string of the molecule is CC(NC(=O)/C=C/c1cccc(Cl)c1)c1ccc2c(c1)N(C)CCO2. The van der Waals surface area contributed by atoms with Crippen molar-refractivity contribution in [3.05, 3.63) is 64.7 Å². The summed E-state index contributed by atoms with van der Waals surface area (Å²) in [5, 5.41) is 3.63. The fourth-order valence-electron chi connectivity index (χ4n) is 2.76. The van der Waals surface area contributed by atoms with Crippen molar-refractivity contribution in [2.75, 3.05) is 25.1 Å². The van der Waals surface area contributed by atoms with Gasteiger partial charge in [-0.25, -0.2) is 0 Å². The molecular weight excluding hydrogens is 336 g/mol. The first kappa shape index (κ1) is 17.4. The van der Waals surface area contributed by atoms with Crippen molar-refractivity contribution >= 4 is 29.3 Å². The normalized spacial score (nSPS) is 14.8. The van der Waals surface area contributed by atoms with Gasteiger partial charge in [-0.15, -0.1) is 0 Å². The van der Waals surface area contributed by atoms with Crippen LogP contribution in [-0.2, 0) is 4.79 Å². The van der Waals surface area contributed by atoms with E-state index in [9.17, 15) is 4.79 Å². The van der Waals surface area contributed by atoms with Crippen LogP contribution >= 0.6 is 11.6 Å². The van der Waals surface area contributed by atoms with Crippen LogP contribution in [-0.4, -0.2) is 26.1 Å². The number of rotatable bonds is 4. The zero-order chi connectivity index (χ0) is 17.8. The second-order valence-corrected chi connectivity index (χ2v) is 6.55. The van der Waals surface area contributed by atoms with Crippen molar-refractivity contribution in [2.45, 2.75) is 13.0 Å². The highest BCUT2D eigenvalue weighted by Gasteiger charge is 2.17. The summed E-state index contributed by atoms with van der Waals surface area (Å²) in [6, 6.07) is 13.3. The van der Waals surface area contributed by atoms with Gasteiger partial charge in [-0.3, -0.25) is 4.79 Å². The van der Waals surface area contributed by atoms with Crippen LogP contribution in [0.25, 0.3) is 6.08 Å². The highest BCUT2D eigenvalue weighted by atomic mass is 35.5. The van der Waals surface area contributed by atoms with E-state index >= 15 is 0 Å². The molecule has 1 heterocycles. The molecule has 4 nitrogen and oxygen atoms in total. The maximum atomic E-state index is 12.2. The predicted molar refractivity (Wildman–Crippen MR) is 102 cm³/mol. The van der Waals surface area contributed by atoms with Crippen molar-refractivity contribution in [3.8, 4) is 5.75 Å². The average molecular weight is 357 g/mol. The Hall–Kier alpha value is -2.46. The largest absolute Gasteiger partial charge is 0.490 e. The number of benzene rings is 2. The van der Waals surface area contributed by atoms with Gasteiger partial charge in [0.15, 0.2) is 0 Å². The smallest absolute Gasteiger partial charge is 0.244 e. The Balaban J connectivity index is 1.66. The second kappa shape index (κ2) is 7.62. The van der Waals surface area contributed by atoms with E-state index in [-0.39, 0.29) is 11.9 Å². The Morgan fingerprint density at radius 1 is 1.32 bits per heavy atom. The summed E-state index contributed by atoms with van der Waals surface area (Å²) in [4.78, 5) is 14.3. The molecule has 0 fully saturated rings. The second-order valence-electron chi connectivity index (χ2n) is 6.12. The van der Waals surface area contributed by atoms with E-state index in [4.69, 9.17) is 16.3 Å². The number of amides is 1. The molecule has 130 valence electrons. The number of likely N-dealkylation sites (N-methyl/N-ethyl adjacent to an activating group) is 1. The van der Waals surface area contributed by atoms with Gasteiger partial charge in [0.2, 0.25) is 5.91 Å². The number of nitrogens with one attached hydrogen (secondary N) is 1. The van der Waals surface area contributed by atoms with Crippen molar-refractivity contribution in [1.82, 2.24) is 5.32 Å². The minimum Gasteiger partial charge on any atom is -0.490 e. The number of fused-ring (bicyclic) bond motifs is 1. The first-order valence-electron chi connectivity index (χ1n) is 8.25. The Kier molecular flexibility index (Phi) is 5.29. The Labute approximate surface area is 153 Å². The Bertz CT molecular complexity index is 804. The summed E-state index contributed by atoms with van der Waals surface area (Å²) in [7, 11) is 2.04. The molecule has 0 saturated heterocycles. The third kappa shape index (κ3) is 4.34. The monoisotopic (exact) mass is 356 g/mol. The molecule has 1 atom stereocenters. The number of ether oxygens (including phenoxy) is 1. The molecule has 0 spiro atoms. The molecule has 25 heavy (non-hydrogen) atoms. The molecule has 2 aromatic rings. The molecule has 2 aromatic carbocycles. The summed E-state index contributed by atoms with van der Waals surface area (Å²) in [5.74, 6) is 0.742. The standard InChI is InChI=1S/C20H21ClN2O2/c1-14(16-7-8-19-18(13-16)23(2)10-11-25-19)22-20(24)9-6-15-4-3-5-17(21)12-15/h3-9,12-14H,10-11H2,1-2H3,(H,22,24)/b9-6+. The summed E-state index contributed by atoms with van der Waals surface area (Å²) in [6.45, 7) is 3.53. The zero-order valence-corrected chi connectivity index (χ0v) is 15.1. The fourth-order valence-corrected chi connectivity index (χ4v) is 2.96. The first-order chi connectivity index (χ1) is 12.0. The molecule has 5 heteroatoms. The van der Waals surface area contributed by atoms with Crippen molar-refractivity contribution < 1.29 is 9.53 Å². The van der Waals surface area contributed by atoms with Crippen LogP contribution in [0.15, 0.2) is 48.5 Å². The van der Waals surface area contributed by atoms with Crippen LogP contribution in [0.2, 0.25) is 5.02 Å². The van der Waals surface area contributed by atoms with Crippen LogP contribution in [0.1, 0.15) is 24.1 Å². The average Bonchev–Trinajstić information content (AvgIpc) is 2.60. The van der Waals surface area contributed by atoms with Crippen LogP contribution in [0.3, 0.4) is 0 Å². The molecule has 1 N–H and O–H groups in total. The molecule has 1 unspecified atom stereocenters. The fraction of sp³-hybridized carbons (Fsp3) is 0.250. The highest BCUT2D eigenvalue weighted by Crippen LogP contribution is 2.33. The summed E-state index contributed by atoms with van der Waals surface area (Å²) in [6.07, 6.45) is 3.28. The van der Waals surface area contributed by atoms with Crippen LogP contribution in [0.4, 0.5) is 5.69 Å². The maximum Gasteiger partial charge on any atom is 0.244 e. The molecule has 3 rings (SSSR count). The molecule has 0 aromatic heterocycles. The van der Waals surface area contributed by atoms with E-state index in [2.05, 4.69) is 16.3 Å². The lowest BCUT2D eigenvalue weighted by Gasteiger charge is -2.28. The van der Waals surface area contributed by atoms with Gasteiger partial charge in [0.1, 0.15) is 12.4 Å². The number of anilines is 1. The molecule has 0 bridgehead atoms. The molecule has 1 aliphatic rings. The number of hydrogen-bond acceptors (Lipinski definition) is 3. The van der Waals surface area contributed by atoms with Crippen molar-refractivity contribution in [2.24, 2.45) is 0 Å². The first-order valence-corrected chi connectivity index (χ1v) is 8.63. The molecule has 1 aliphatic heterocycles. The molecule has 0 saturated carbocycles. The van der Waals surface area contributed by atoms with Crippen LogP contribution in [0, 0.1) is 0 Å². The number of nitrogens with zero attached hydrogens (tertiary/aromatic N) is 1. The summed E-state index contributed by atoms with van der Waals surface area (Å²) in [5.41, 5.74) is 2.99. The lowest BCUT2D eigenvalue weighted by atomic mass is 10.1. The summed E-state index contributed by atoms with van der Waals surface area (Å²) < 4.78 is 5.66. The third-order valence-corrected chi connectivity index (χ3v) is 4.45. The van der Waals surface area contributed by atoms with Crippen LogP contribution in [0.5, 0.6) is 5.75 Å². The number of carbonyl (C=O) groups is 1. The van der Waals surface area contributed by atoms with Gasteiger partial charge in [0, 0.05) is 18.1 Å². The van der Waals surface area contributed by atoms with Crippen LogP contribution < -0.4 is 15.0 Å². The van der Waals surface area contributed by atoms with E-state index < -0.39 is 0 Å². The van der Waals surface area contributed by atoms with Gasteiger partial charge in [0.25, 0.3) is 0 Å². The number of halogens is 1. The highest BCUT2D eigenvalue weighted by molar-refractivity contribution is 6.30. The van der Waals surface area contributed by atoms with Gasteiger partial charge in [0.05, 0.1) is 18.3 Å². The molecular formula is C20H21ClN2O2. The van der Waals surface area contributed by atoms with Gasteiger partial charge < -0.3 is 15.0 Å². The van der Waals surface area contributed by atoms with Crippen molar-refractivity contribution in [3.63, 3.8) is 0 Å². The van der Waals surface area contributed by atoms with Gasteiger partial charge in [-0.2, -0.15) is 0 Å². The topological polar surface area (TPSA) is 41.6 Å². The molecule has 0 aliphatic carbocycles. The maximum absolute atomic E-state index is 12.2. The van der Waals surface area contributed by atoms with Gasteiger partial charge in [-0.05, 0) is 48.4 Å². The van der Waals surface area contributed by atoms with Gasteiger partial charge in [-0.1, -0.05) is 29.8 Å². The number of carbonyl (C=O) groups excluding carboxylic acids is 1. The molecule has 0 radical (unpaired) electrons. The molecule has 1 amide bonds. The van der Waals surface area contributed by atoms with Crippen molar-refractivity contribution in [1.29, 1.82) is 0 Å². The zero-order valence-electron chi connectivity index (χ0n) is 14.3. The Morgan fingerprint density at radius 2 is 2.16 bits per heavy atom. The predicted octanol–water partition coefficient (Wildman–Crippen LogP) is 4.06. The minimum atomic E-state index is -0.144. The van der Waals surface area contributed by atoms with E-state index in [0.29, 0.717) is 11.6 Å². The summed E-state index contributed by atoms with van der Waals surface area (Å²) >= 11 is 5.95. The van der Waals surface area contributed by atoms with E-state index in [1.54, 1.807) is 12.1 Å². The third-order valence-electron chi connectivity index (χ3n) is 4.21. The Morgan fingerprint density at radius 3 is 2.96 bits per heavy atom. The minimum absolute atomic E-state index is 0.0999. The quantitative estimate of drug-likeness (QED) is 0.840. The van der Waals surface area contributed by atoms with Gasteiger partial charge >= 0.3 is 0 Å². The lowest BCUT2D eigenvalue weighted by Crippen LogP contribution is -2.29. The van der Waals surface area contributed by atoms with E-state index in [0.717, 1.165) is 29.1 Å². The number of hydrogen-bond donors (Lipinski definition) is 1.